The Morgan fingerprint density at radius 3 is 3.00 bits per heavy atom. The van der Waals surface area contributed by atoms with Crippen LogP contribution in [0.5, 0.6) is 0 Å². The van der Waals surface area contributed by atoms with E-state index in [1.807, 2.05) is 19.2 Å². The monoisotopic (exact) mass is 223 g/mol. The quantitative estimate of drug-likeness (QED) is 0.527. The fraction of sp³-hybridized carbons (Fsp3) is 0.300. The van der Waals surface area contributed by atoms with Crippen LogP contribution in [-0.2, 0) is 0 Å². The SMILES string of the molecule is Cc1cncc(C#CCCBr)c1. The lowest BCUT2D eigenvalue weighted by Gasteiger charge is -1.90. The normalized spacial score (nSPS) is 8.83. The Kier molecular flexibility index (Phi) is 3.83. The van der Waals surface area contributed by atoms with Gasteiger partial charge in [-0.05, 0) is 18.6 Å². The summed E-state index contributed by atoms with van der Waals surface area (Å²) in [6, 6.07) is 2.04. The van der Waals surface area contributed by atoms with E-state index in [9.17, 15) is 0 Å². The number of alkyl halides is 1. The average molecular weight is 224 g/mol. The van der Waals surface area contributed by atoms with E-state index >= 15 is 0 Å². The zero-order valence-electron chi connectivity index (χ0n) is 6.97. The number of aryl methyl sites for hydroxylation is 1. The summed E-state index contributed by atoms with van der Waals surface area (Å²) in [6.45, 7) is 2.02. The van der Waals surface area contributed by atoms with Gasteiger partial charge < -0.3 is 0 Å². The van der Waals surface area contributed by atoms with Crippen molar-refractivity contribution < 1.29 is 0 Å². The van der Waals surface area contributed by atoms with Crippen molar-refractivity contribution in [1.29, 1.82) is 0 Å². The molecule has 0 aliphatic rings. The highest BCUT2D eigenvalue weighted by atomic mass is 79.9. The standard InChI is InChI=1S/C10H10BrN/c1-9-6-10(8-12-7-9)4-2-3-5-11/h6-8H,3,5H2,1H3. The van der Waals surface area contributed by atoms with Crippen molar-refractivity contribution in [2.24, 2.45) is 0 Å². The Labute approximate surface area is 81.3 Å². The van der Waals surface area contributed by atoms with Gasteiger partial charge in [0.05, 0.1) is 0 Å². The molecule has 0 radical (unpaired) electrons. The van der Waals surface area contributed by atoms with Gasteiger partial charge in [0, 0.05) is 29.7 Å². The molecule has 1 aromatic rings. The third-order valence-electron chi connectivity index (χ3n) is 1.33. The fourth-order valence-corrected chi connectivity index (χ4v) is 1.03. The summed E-state index contributed by atoms with van der Waals surface area (Å²) in [5, 5.41) is 0.930. The number of halogens is 1. The molecule has 2 heteroatoms. The molecule has 0 N–H and O–H groups in total. The van der Waals surface area contributed by atoms with Gasteiger partial charge in [-0.3, -0.25) is 4.98 Å². The Morgan fingerprint density at radius 2 is 2.33 bits per heavy atom. The molecule has 0 bridgehead atoms. The lowest BCUT2D eigenvalue weighted by molar-refractivity contribution is 1.25. The highest BCUT2D eigenvalue weighted by Crippen LogP contribution is 1.98. The smallest absolute Gasteiger partial charge is 0.0431 e. The molecule has 1 nitrogen and oxygen atoms in total. The van der Waals surface area contributed by atoms with Gasteiger partial charge in [-0.15, -0.1) is 0 Å². The van der Waals surface area contributed by atoms with Crippen LogP contribution in [0.4, 0.5) is 0 Å². The van der Waals surface area contributed by atoms with Crippen LogP contribution in [0.3, 0.4) is 0 Å². The highest BCUT2D eigenvalue weighted by Gasteiger charge is 1.86. The van der Waals surface area contributed by atoms with E-state index in [2.05, 4.69) is 32.8 Å². The van der Waals surface area contributed by atoms with Gasteiger partial charge in [0.25, 0.3) is 0 Å². The minimum Gasteiger partial charge on any atom is -0.263 e. The van der Waals surface area contributed by atoms with Crippen molar-refractivity contribution in [3.8, 4) is 11.8 Å². The van der Waals surface area contributed by atoms with Crippen LogP contribution in [0.25, 0.3) is 0 Å². The van der Waals surface area contributed by atoms with E-state index in [1.54, 1.807) is 6.20 Å². The molecule has 0 aromatic carbocycles. The van der Waals surface area contributed by atoms with Gasteiger partial charge in [0.15, 0.2) is 0 Å². The summed E-state index contributed by atoms with van der Waals surface area (Å²) in [4.78, 5) is 4.05. The van der Waals surface area contributed by atoms with Gasteiger partial charge in [0.1, 0.15) is 0 Å². The number of hydrogen-bond acceptors (Lipinski definition) is 1. The van der Waals surface area contributed by atoms with Crippen molar-refractivity contribution in [1.82, 2.24) is 4.98 Å². The van der Waals surface area contributed by atoms with E-state index in [4.69, 9.17) is 0 Å². The van der Waals surface area contributed by atoms with E-state index < -0.39 is 0 Å². The number of nitrogens with zero attached hydrogens (tertiary/aromatic N) is 1. The predicted octanol–water partition coefficient (Wildman–Crippen LogP) is 2.53. The largest absolute Gasteiger partial charge is 0.263 e. The molecule has 1 rings (SSSR count). The molecule has 0 aliphatic carbocycles. The highest BCUT2D eigenvalue weighted by molar-refractivity contribution is 9.09. The van der Waals surface area contributed by atoms with Crippen molar-refractivity contribution in [3.63, 3.8) is 0 Å². The molecular formula is C10H10BrN. The summed E-state index contributed by atoms with van der Waals surface area (Å²) in [5.74, 6) is 6.09. The molecular weight excluding hydrogens is 214 g/mol. The van der Waals surface area contributed by atoms with Gasteiger partial charge in [0.2, 0.25) is 0 Å². The Hall–Kier alpha value is -0.810. The van der Waals surface area contributed by atoms with E-state index in [0.29, 0.717) is 0 Å². The summed E-state index contributed by atoms with van der Waals surface area (Å²) in [7, 11) is 0. The Balaban J connectivity index is 2.71. The van der Waals surface area contributed by atoms with Gasteiger partial charge >= 0.3 is 0 Å². The van der Waals surface area contributed by atoms with Crippen molar-refractivity contribution in [3.05, 3.63) is 29.6 Å². The molecule has 0 spiro atoms. The minimum absolute atomic E-state index is 0.883. The van der Waals surface area contributed by atoms with Gasteiger partial charge in [-0.1, -0.05) is 27.8 Å². The molecule has 62 valence electrons. The molecule has 0 saturated carbocycles. The maximum atomic E-state index is 4.05. The summed E-state index contributed by atoms with van der Waals surface area (Å²) < 4.78 is 0. The molecule has 0 unspecified atom stereocenters. The summed E-state index contributed by atoms with van der Waals surface area (Å²) in [5.41, 5.74) is 2.15. The first-order valence-electron chi connectivity index (χ1n) is 3.79. The number of aromatic nitrogens is 1. The first-order chi connectivity index (χ1) is 5.83. The zero-order valence-corrected chi connectivity index (χ0v) is 8.56. The van der Waals surface area contributed by atoms with Crippen LogP contribution in [0.15, 0.2) is 18.5 Å². The van der Waals surface area contributed by atoms with Crippen molar-refractivity contribution >= 4 is 15.9 Å². The van der Waals surface area contributed by atoms with Crippen molar-refractivity contribution in [2.75, 3.05) is 5.33 Å². The number of hydrogen-bond donors (Lipinski definition) is 0. The van der Waals surface area contributed by atoms with Gasteiger partial charge in [-0.2, -0.15) is 0 Å². The van der Waals surface area contributed by atoms with E-state index in [-0.39, 0.29) is 0 Å². The van der Waals surface area contributed by atoms with Crippen molar-refractivity contribution in [2.45, 2.75) is 13.3 Å². The van der Waals surface area contributed by atoms with Crippen LogP contribution in [0.1, 0.15) is 17.5 Å². The van der Waals surface area contributed by atoms with Crippen LogP contribution in [0, 0.1) is 18.8 Å². The van der Waals surface area contributed by atoms with Crippen LogP contribution in [0.2, 0.25) is 0 Å². The lowest BCUT2D eigenvalue weighted by Crippen LogP contribution is -1.80. The van der Waals surface area contributed by atoms with Crippen LogP contribution < -0.4 is 0 Å². The Morgan fingerprint density at radius 1 is 1.50 bits per heavy atom. The lowest BCUT2D eigenvalue weighted by atomic mass is 10.2. The molecule has 0 atom stereocenters. The van der Waals surface area contributed by atoms with E-state index in [0.717, 1.165) is 22.9 Å². The third-order valence-corrected chi connectivity index (χ3v) is 1.72. The Bertz CT molecular complexity index is 309. The molecule has 12 heavy (non-hydrogen) atoms. The minimum atomic E-state index is 0.883. The van der Waals surface area contributed by atoms with Crippen LogP contribution in [-0.4, -0.2) is 10.3 Å². The third kappa shape index (κ3) is 3.06. The number of rotatable bonds is 1. The summed E-state index contributed by atoms with van der Waals surface area (Å²) >= 11 is 3.32. The topological polar surface area (TPSA) is 12.9 Å². The van der Waals surface area contributed by atoms with E-state index in [1.165, 1.54) is 0 Å². The number of pyridine rings is 1. The second kappa shape index (κ2) is 4.95. The van der Waals surface area contributed by atoms with Gasteiger partial charge in [-0.25, -0.2) is 0 Å². The molecule has 0 aliphatic heterocycles. The molecule has 1 aromatic heterocycles. The molecule has 0 amide bonds. The van der Waals surface area contributed by atoms with Crippen LogP contribution >= 0.6 is 15.9 Å². The predicted molar refractivity (Wildman–Crippen MR) is 54.3 cm³/mol. The first-order valence-corrected chi connectivity index (χ1v) is 4.91. The maximum absolute atomic E-state index is 4.05. The second-order valence-corrected chi connectivity index (χ2v) is 3.28. The zero-order chi connectivity index (χ0) is 8.81. The maximum Gasteiger partial charge on any atom is 0.0431 e. The fourth-order valence-electron chi connectivity index (χ4n) is 0.835. The molecule has 1 heterocycles. The molecule has 0 saturated heterocycles. The second-order valence-electron chi connectivity index (χ2n) is 2.49. The average Bonchev–Trinajstić information content (AvgIpc) is 2.05. The summed E-state index contributed by atoms with van der Waals surface area (Å²) in [6.07, 6.45) is 4.50. The molecule has 0 fully saturated rings. The first kappa shape index (κ1) is 9.28.